The molecule has 0 saturated carbocycles. The number of hydrogen-bond acceptors (Lipinski definition) is 5. The first-order valence-corrected chi connectivity index (χ1v) is 9.95. The highest BCUT2D eigenvalue weighted by Gasteiger charge is 2.32. The van der Waals surface area contributed by atoms with Crippen molar-refractivity contribution in [3.63, 3.8) is 0 Å². The van der Waals surface area contributed by atoms with Gasteiger partial charge in [-0.25, -0.2) is 18.1 Å². The van der Waals surface area contributed by atoms with Crippen LogP contribution in [-0.4, -0.2) is 45.3 Å². The van der Waals surface area contributed by atoms with Crippen LogP contribution >= 0.6 is 23.2 Å². The van der Waals surface area contributed by atoms with E-state index in [1.807, 2.05) is 0 Å². The zero-order valence-corrected chi connectivity index (χ0v) is 17.0. The molecule has 28 heavy (non-hydrogen) atoms. The van der Waals surface area contributed by atoms with E-state index in [1.165, 1.54) is 0 Å². The molecular weight excluding hydrogens is 442 g/mol. The van der Waals surface area contributed by atoms with Gasteiger partial charge in [0.25, 0.3) is 0 Å². The molecular formula is C16H16Cl2F3N3O3S. The van der Waals surface area contributed by atoms with Gasteiger partial charge in [0.2, 0.25) is 15.9 Å². The fourth-order valence-electron chi connectivity index (χ4n) is 2.26. The lowest BCUT2D eigenvalue weighted by molar-refractivity contribution is -0.276. The van der Waals surface area contributed by atoms with Crippen LogP contribution in [0, 0.1) is 0 Å². The molecule has 1 atom stereocenters. The van der Waals surface area contributed by atoms with Gasteiger partial charge in [0, 0.05) is 12.6 Å². The zero-order chi connectivity index (χ0) is 21.1. The van der Waals surface area contributed by atoms with Crippen LogP contribution in [0.2, 0.25) is 10.0 Å². The van der Waals surface area contributed by atoms with Gasteiger partial charge in [0.05, 0.1) is 22.3 Å². The molecule has 0 radical (unpaired) electrons. The largest absolute Gasteiger partial charge is 0.574 e. The van der Waals surface area contributed by atoms with Crippen LogP contribution in [0.25, 0.3) is 0 Å². The predicted molar refractivity (Wildman–Crippen MR) is 99.0 cm³/mol. The first-order valence-electron chi connectivity index (χ1n) is 7.71. The quantitative estimate of drug-likeness (QED) is 0.683. The van der Waals surface area contributed by atoms with Crippen molar-refractivity contribution >= 4 is 33.2 Å². The molecule has 154 valence electrons. The third-order valence-corrected chi connectivity index (χ3v) is 5.63. The van der Waals surface area contributed by atoms with Crippen LogP contribution in [0.3, 0.4) is 0 Å². The second-order valence-corrected chi connectivity index (χ2v) is 8.52. The number of rotatable bonds is 7. The minimum absolute atomic E-state index is 0.262. The number of halogens is 5. The summed E-state index contributed by atoms with van der Waals surface area (Å²) in [5, 5.41) is 0.582. The van der Waals surface area contributed by atoms with Gasteiger partial charge in [-0.15, -0.1) is 13.2 Å². The molecule has 0 amide bonds. The summed E-state index contributed by atoms with van der Waals surface area (Å²) >= 11 is 11.9. The second-order valence-electron chi connectivity index (χ2n) is 5.99. The van der Waals surface area contributed by atoms with Gasteiger partial charge < -0.3 is 9.64 Å². The summed E-state index contributed by atoms with van der Waals surface area (Å²) in [5.41, 5.74) is 0.566. The molecule has 1 aromatic carbocycles. The molecule has 0 fully saturated rings. The first-order chi connectivity index (χ1) is 12.9. The van der Waals surface area contributed by atoms with Crippen LogP contribution in [0.5, 0.6) is 5.88 Å². The van der Waals surface area contributed by atoms with Crippen molar-refractivity contribution in [3.05, 3.63) is 52.1 Å². The molecule has 12 heteroatoms. The standard InChI is InChI=1S/C16H16Cl2F3N3O3S/c1-24(2)9-14(10-3-5-12(17)13(18)7-10)23-28(25,26)11-4-6-15(22-8-11)27-16(19,20)21/h3-8,14,23H,9H2,1-2H3/t14-/m0/s1. The SMILES string of the molecule is CN(C)C[C@H](NS(=O)(=O)c1ccc(OC(F)(F)F)nc1)c1ccc(Cl)c(Cl)c1. The van der Waals surface area contributed by atoms with Gasteiger partial charge in [-0.1, -0.05) is 29.3 Å². The highest BCUT2D eigenvalue weighted by molar-refractivity contribution is 7.89. The number of aromatic nitrogens is 1. The van der Waals surface area contributed by atoms with Crippen LogP contribution in [-0.2, 0) is 10.0 Å². The second kappa shape index (κ2) is 8.83. The van der Waals surface area contributed by atoms with E-state index in [9.17, 15) is 21.6 Å². The molecule has 1 heterocycles. The van der Waals surface area contributed by atoms with E-state index in [-0.39, 0.29) is 9.92 Å². The Kier molecular flexibility index (Phi) is 7.16. The number of nitrogens with zero attached hydrogens (tertiary/aromatic N) is 2. The third-order valence-electron chi connectivity index (χ3n) is 3.43. The van der Waals surface area contributed by atoms with Crippen LogP contribution in [0.15, 0.2) is 41.4 Å². The van der Waals surface area contributed by atoms with Gasteiger partial charge in [-0.05, 0) is 37.9 Å². The van der Waals surface area contributed by atoms with Crippen molar-refractivity contribution < 1.29 is 26.3 Å². The van der Waals surface area contributed by atoms with Gasteiger partial charge in [0.1, 0.15) is 4.90 Å². The monoisotopic (exact) mass is 457 g/mol. The molecule has 0 aliphatic rings. The minimum atomic E-state index is -4.92. The fourth-order valence-corrected chi connectivity index (χ4v) is 3.73. The predicted octanol–water partition coefficient (Wildman–Crippen LogP) is 3.87. The Balaban J connectivity index is 2.28. The summed E-state index contributed by atoms with van der Waals surface area (Å²) in [6.07, 6.45) is -4.14. The fraction of sp³-hybridized carbons (Fsp3) is 0.312. The van der Waals surface area contributed by atoms with E-state index >= 15 is 0 Å². The minimum Gasteiger partial charge on any atom is -0.388 e. The van der Waals surface area contributed by atoms with E-state index in [4.69, 9.17) is 23.2 Å². The number of likely N-dealkylation sites (N-methyl/N-ethyl adjacent to an activating group) is 1. The smallest absolute Gasteiger partial charge is 0.388 e. The van der Waals surface area contributed by atoms with Gasteiger partial charge in [-0.3, -0.25) is 0 Å². The number of hydrogen-bond donors (Lipinski definition) is 1. The zero-order valence-electron chi connectivity index (χ0n) is 14.7. The maximum absolute atomic E-state index is 12.7. The Morgan fingerprint density at radius 3 is 2.36 bits per heavy atom. The molecule has 0 saturated heterocycles. The number of pyridine rings is 1. The van der Waals surface area contributed by atoms with E-state index in [0.717, 1.165) is 18.3 Å². The van der Waals surface area contributed by atoms with Crippen LogP contribution in [0.1, 0.15) is 11.6 Å². The summed E-state index contributed by atoms with van der Waals surface area (Å²) < 4.78 is 68.0. The Labute approximate surface area is 170 Å². The number of ether oxygens (including phenoxy) is 1. The number of alkyl halides is 3. The number of sulfonamides is 1. The summed E-state index contributed by atoms with van der Waals surface area (Å²) in [6.45, 7) is 0.292. The molecule has 2 aromatic rings. The lowest BCUT2D eigenvalue weighted by Crippen LogP contribution is -2.35. The Hall–Kier alpha value is -1.59. The molecule has 6 nitrogen and oxygen atoms in total. The number of benzene rings is 1. The Bertz CT molecular complexity index is 923. The van der Waals surface area contributed by atoms with Crippen molar-refractivity contribution in [1.82, 2.24) is 14.6 Å². The third kappa shape index (κ3) is 6.49. The Morgan fingerprint density at radius 1 is 1.18 bits per heavy atom. The molecule has 1 N–H and O–H groups in total. The molecule has 2 rings (SSSR count). The number of nitrogens with one attached hydrogen (secondary N) is 1. The van der Waals surface area contributed by atoms with E-state index in [0.29, 0.717) is 17.1 Å². The van der Waals surface area contributed by atoms with Crippen molar-refractivity contribution in [3.8, 4) is 5.88 Å². The van der Waals surface area contributed by atoms with Crippen LogP contribution in [0.4, 0.5) is 13.2 Å². The maximum Gasteiger partial charge on any atom is 0.574 e. The summed E-state index contributed by atoms with van der Waals surface area (Å²) in [4.78, 5) is 4.83. The molecule has 0 unspecified atom stereocenters. The maximum atomic E-state index is 12.7. The lowest BCUT2D eigenvalue weighted by atomic mass is 10.1. The summed E-state index contributed by atoms with van der Waals surface area (Å²) in [7, 11) is -0.581. The van der Waals surface area contributed by atoms with E-state index < -0.39 is 28.3 Å². The molecule has 0 bridgehead atoms. The first kappa shape index (κ1) is 22.7. The normalized spacial score (nSPS) is 13.6. The van der Waals surface area contributed by atoms with Gasteiger partial charge in [-0.2, -0.15) is 0 Å². The molecule has 0 spiro atoms. The highest BCUT2D eigenvalue weighted by Crippen LogP contribution is 2.27. The van der Waals surface area contributed by atoms with Crippen molar-refractivity contribution in [2.45, 2.75) is 17.3 Å². The van der Waals surface area contributed by atoms with Crippen molar-refractivity contribution in [1.29, 1.82) is 0 Å². The van der Waals surface area contributed by atoms with Gasteiger partial charge >= 0.3 is 6.36 Å². The van der Waals surface area contributed by atoms with Crippen LogP contribution < -0.4 is 9.46 Å². The molecule has 0 aliphatic carbocycles. The highest BCUT2D eigenvalue weighted by atomic mass is 35.5. The molecule has 0 aliphatic heterocycles. The van der Waals surface area contributed by atoms with E-state index in [1.54, 1.807) is 37.2 Å². The summed E-state index contributed by atoms with van der Waals surface area (Å²) in [6, 6.07) is 5.81. The Morgan fingerprint density at radius 2 is 1.86 bits per heavy atom. The topological polar surface area (TPSA) is 71.5 Å². The molecule has 1 aromatic heterocycles. The van der Waals surface area contributed by atoms with E-state index in [2.05, 4.69) is 14.4 Å². The average molecular weight is 458 g/mol. The van der Waals surface area contributed by atoms with Crippen molar-refractivity contribution in [2.24, 2.45) is 0 Å². The summed E-state index contributed by atoms with van der Waals surface area (Å²) in [5.74, 6) is -0.763. The van der Waals surface area contributed by atoms with Gasteiger partial charge in [0.15, 0.2) is 0 Å². The van der Waals surface area contributed by atoms with Crippen molar-refractivity contribution in [2.75, 3.05) is 20.6 Å². The average Bonchev–Trinajstić information content (AvgIpc) is 2.55. The lowest BCUT2D eigenvalue weighted by Gasteiger charge is -2.23.